The number of ether oxygens (including phenoxy) is 1. The molecule has 0 unspecified atom stereocenters. The van der Waals surface area contributed by atoms with Crippen LogP contribution in [0.4, 0.5) is 36.6 Å². The third kappa shape index (κ3) is 8.72. The molecule has 8 nitrogen and oxygen atoms in total. The minimum absolute atomic E-state index is 0.0679. The fourth-order valence-corrected chi connectivity index (χ4v) is 7.37. The van der Waals surface area contributed by atoms with Crippen molar-refractivity contribution in [1.29, 1.82) is 0 Å². The molecule has 260 valence electrons. The van der Waals surface area contributed by atoms with Crippen LogP contribution in [0.2, 0.25) is 0 Å². The van der Waals surface area contributed by atoms with E-state index in [4.69, 9.17) is 0 Å². The third-order valence-electron chi connectivity index (χ3n) is 8.14. The number of carbonyl (C=O) groups excluding carboxylic acids is 1. The average molecular weight is 723 g/mol. The van der Waals surface area contributed by atoms with Crippen LogP contribution in [0, 0.1) is 23.5 Å². The molecule has 2 fully saturated rings. The predicted molar refractivity (Wildman–Crippen MR) is 179 cm³/mol. The van der Waals surface area contributed by atoms with Crippen molar-refractivity contribution in [2.24, 2.45) is 11.8 Å². The highest BCUT2D eigenvalue weighted by Gasteiger charge is 2.45. The molecule has 3 aromatic carbocycles. The molecule has 4 heterocycles. The molecule has 3 N–H and O–H groups in total. The molecule has 5 aromatic rings. The molecule has 2 atom stereocenters. The Hall–Kier alpha value is -4.15. The number of likely N-dealkylation sites (tertiary alicyclic amines) is 1. The molecule has 0 spiro atoms. The summed E-state index contributed by atoms with van der Waals surface area (Å²) in [5.74, 6) is -0.951. The summed E-state index contributed by atoms with van der Waals surface area (Å²) in [5, 5.41) is 11.4. The quantitative estimate of drug-likeness (QED) is 0.127. The molecule has 49 heavy (non-hydrogen) atoms. The van der Waals surface area contributed by atoms with Gasteiger partial charge in [0.25, 0.3) is 5.91 Å². The molecule has 2 aliphatic heterocycles. The van der Waals surface area contributed by atoms with Crippen LogP contribution in [0.15, 0.2) is 60.7 Å². The smallest absolute Gasteiger partial charge is 0.427 e. The van der Waals surface area contributed by atoms with Gasteiger partial charge in [0.2, 0.25) is 0 Å². The van der Waals surface area contributed by atoms with Gasteiger partial charge in [-0.25, -0.2) is 18.7 Å². The average Bonchev–Trinajstić information content (AvgIpc) is 3.89. The van der Waals surface area contributed by atoms with Crippen molar-refractivity contribution in [3.8, 4) is 5.75 Å². The molecular formula is C33H32F6N6O2S2. The summed E-state index contributed by atoms with van der Waals surface area (Å²) in [6.07, 6.45) is -6.85. The molecule has 2 saturated heterocycles. The van der Waals surface area contributed by atoms with Gasteiger partial charge in [0.1, 0.15) is 17.4 Å². The van der Waals surface area contributed by atoms with Crippen molar-refractivity contribution in [2.45, 2.75) is 25.4 Å². The minimum atomic E-state index is -4.70. The first-order valence-corrected chi connectivity index (χ1v) is 17.2. The van der Waals surface area contributed by atoms with Crippen LogP contribution in [-0.4, -0.2) is 72.6 Å². The highest BCUT2D eigenvalue weighted by atomic mass is 32.1. The summed E-state index contributed by atoms with van der Waals surface area (Å²) in [6, 6.07) is 14.2. The van der Waals surface area contributed by atoms with Crippen LogP contribution < -0.4 is 20.7 Å². The van der Waals surface area contributed by atoms with Gasteiger partial charge in [0.05, 0.1) is 26.0 Å². The topological polar surface area (TPSA) is 91.4 Å². The number of aromatic nitrogens is 2. The summed E-state index contributed by atoms with van der Waals surface area (Å²) in [7, 11) is 0. The Labute approximate surface area is 285 Å². The van der Waals surface area contributed by atoms with E-state index in [0.717, 1.165) is 41.0 Å². The number of hydrogen-bond donors (Lipinski definition) is 3. The summed E-state index contributed by atoms with van der Waals surface area (Å²) in [6.45, 7) is 4.37. The Morgan fingerprint density at radius 2 is 1.53 bits per heavy atom. The number of hydrogen-bond acceptors (Lipinski definition) is 9. The molecule has 2 aliphatic rings. The van der Waals surface area contributed by atoms with E-state index in [1.54, 1.807) is 12.1 Å². The van der Waals surface area contributed by atoms with E-state index in [1.165, 1.54) is 76.5 Å². The monoisotopic (exact) mass is 722 g/mol. The fraction of sp³-hybridized carbons (Fsp3) is 0.364. The number of halogens is 6. The van der Waals surface area contributed by atoms with Crippen molar-refractivity contribution in [3.63, 3.8) is 0 Å². The lowest BCUT2D eigenvalue weighted by Gasteiger charge is -2.21. The van der Waals surface area contributed by atoms with Gasteiger partial charge in [0.15, 0.2) is 10.3 Å². The second kappa shape index (κ2) is 15.2. The van der Waals surface area contributed by atoms with E-state index in [1.807, 2.05) is 0 Å². The van der Waals surface area contributed by atoms with Gasteiger partial charge in [-0.3, -0.25) is 4.79 Å². The lowest BCUT2D eigenvalue weighted by atomic mass is 10.1. The number of anilines is 2. The van der Waals surface area contributed by atoms with E-state index in [2.05, 4.69) is 30.7 Å². The third-order valence-corrected chi connectivity index (χ3v) is 10.1. The molecule has 0 aliphatic carbocycles. The molecule has 7 rings (SSSR count). The number of benzene rings is 3. The summed E-state index contributed by atoms with van der Waals surface area (Å²) in [5.41, 5.74) is 1.34. The van der Waals surface area contributed by atoms with E-state index in [0.29, 0.717) is 47.3 Å². The van der Waals surface area contributed by atoms with Crippen LogP contribution in [0.5, 0.6) is 5.75 Å². The number of amides is 1. The van der Waals surface area contributed by atoms with Crippen molar-refractivity contribution in [3.05, 3.63) is 77.9 Å². The lowest BCUT2D eigenvalue weighted by molar-refractivity contribution is -0.253. The zero-order chi connectivity index (χ0) is 34.5. The van der Waals surface area contributed by atoms with Crippen molar-refractivity contribution in [1.82, 2.24) is 20.2 Å². The van der Waals surface area contributed by atoms with Crippen LogP contribution in [0.1, 0.15) is 23.2 Å². The van der Waals surface area contributed by atoms with Gasteiger partial charge in [-0.1, -0.05) is 34.8 Å². The first-order chi connectivity index (χ1) is 23.5. The van der Waals surface area contributed by atoms with Gasteiger partial charge in [0, 0.05) is 26.2 Å². The Bertz CT molecular complexity index is 1900. The van der Waals surface area contributed by atoms with Gasteiger partial charge < -0.3 is 25.6 Å². The molecule has 0 saturated carbocycles. The Balaban J connectivity index is 0.000000205. The molecule has 2 aromatic heterocycles. The van der Waals surface area contributed by atoms with Crippen molar-refractivity contribution >= 4 is 59.3 Å². The number of carbonyl (C=O) groups is 1. The Morgan fingerprint density at radius 1 is 0.918 bits per heavy atom. The molecule has 16 heteroatoms. The lowest BCUT2D eigenvalue weighted by Crippen LogP contribution is -2.35. The minimum Gasteiger partial charge on any atom is -0.427 e. The van der Waals surface area contributed by atoms with Crippen molar-refractivity contribution in [2.75, 3.05) is 49.9 Å². The maximum atomic E-state index is 13.3. The Morgan fingerprint density at radius 3 is 2.12 bits per heavy atom. The van der Waals surface area contributed by atoms with Crippen LogP contribution >= 0.6 is 22.7 Å². The maximum Gasteiger partial charge on any atom is 0.461 e. The number of alkyl halides is 4. The molecule has 0 radical (unpaired) electrons. The molecule has 1 amide bonds. The van der Waals surface area contributed by atoms with E-state index in [-0.39, 0.29) is 23.1 Å². The predicted octanol–water partition coefficient (Wildman–Crippen LogP) is 7.70. The highest BCUT2D eigenvalue weighted by molar-refractivity contribution is 7.22. The summed E-state index contributed by atoms with van der Waals surface area (Å²) in [4.78, 5) is 23.1. The van der Waals surface area contributed by atoms with Gasteiger partial charge in [-0.2, -0.15) is 17.6 Å². The van der Waals surface area contributed by atoms with Crippen molar-refractivity contribution < 1.29 is 35.9 Å². The highest BCUT2D eigenvalue weighted by Crippen LogP contribution is 2.32. The SMILES string of the molecule is Fc1ccc2nc(NC[C@@H]3CCNC3)sc2c1.O=C(c1ccccc1OC(F)(F)C(F)F)N1CC[C@@H](CNc2nc3ccc(F)cc3s2)C1. The number of fused-ring (bicyclic) bond motifs is 2. The van der Waals surface area contributed by atoms with Gasteiger partial charge >= 0.3 is 12.5 Å². The van der Waals surface area contributed by atoms with Crippen LogP contribution in [0.25, 0.3) is 20.4 Å². The standard InChI is InChI=1S/C21H18F5N3O2S.C12H14FN3S/c22-13-5-6-15-17(9-13)32-20(28-15)27-10-12-7-8-29(11-12)18(30)14-3-1-2-4-16(14)31-21(25,26)19(23)24;13-9-1-2-10-11(5-9)17-12(16-10)15-7-8-3-4-14-6-8/h1-6,9,12,19H,7-8,10-11H2,(H,27,28);1-2,5,8,14H,3-4,6-7H2,(H,15,16)/t12-;8-/m01/s1. The number of para-hydroxylation sites is 1. The number of thiazole rings is 2. The normalized spacial score (nSPS) is 17.8. The zero-order valence-electron chi connectivity index (χ0n) is 25.9. The first kappa shape index (κ1) is 34.7. The van der Waals surface area contributed by atoms with E-state index < -0.39 is 24.2 Å². The second-order valence-corrected chi connectivity index (χ2v) is 13.8. The van der Waals surface area contributed by atoms with Gasteiger partial charge in [-0.15, -0.1) is 0 Å². The summed E-state index contributed by atoms with van der Waals surface area (Å²) < 4.78 is 83.8. The fourth-order valence-electron chi connectivity index (χ4n) is 5.58. The largest absolute Gasteiger partial charge is 0.461 e. The first-order valence-electron chi connectivity index (χ1n) is 15.6. The summed E-state index contributed by atoms with van der Waals surface area (Å²) >= 11 is 2.83. The van der Waals surface area contributed by atoms with Gasteiger partial charge in [-0.05, 0) is 86.3 Å². The molecular weight excluding hydrogens is 691 g/mol. The van der Waals surface area contributed by atoms with Crippen LogP contribution in [-0.2, 0) is 0 Å². The number of nitrogens with zero attached hydrogens (tertiary/aromatic N) is 3. The Kier molecular flexibility index (Phi) is 10.7. The number of nitrogens with one attached hydrogen (secondary N) is 3. The van der Waals surface area contributed by atoms with Crippen LogP contribution in [0.3, 0.4) is 0 Å². The van der Waals surface area contributed by atoms with E-state index >= 15 is 0 Å². The maximum absolute atomic E-state index is 13.3. The van der Waals surface area contributed by atoms with E-state index in [9.17, 15) is 31.1 Å². The second-order valence-electron chi connectivity index (χ2n) is 11.7. The number of rotatable bonds is 10. The molecule has 0 bridgehead atoms. The zero-order valence-corrected chi connectivity index (χ0v) is 27.5.